The van der Waals surface area contributed by atoms with E-state index in [-0.39, 0.29) is 35.1 Å². The minimum absolute atomic E-state index is 0.00902. The van der Waals surface area contributed by atoms with Crippen molar-refractivity contribution in [1.82, 2.24) is 35.2 Å². The van der Waals surface area contributed by atoms with Gasteiger partial charge in [-0.05, 0) is 36.4 Å². The Balaban J connectivity index is 0.00000205. The van der Waals surface area contributed by atoms with Crippen LogP contribution in [0.1, 0.15) is 65.1 Å². The summed E-state index contributed by atoms with van der Waals surface area (Å²) < 4.78 is 2.01. The number of para-hydroxylation sites is 1. The van der Waals surface area contributed by atoms with E-state index in [0.29, 0.717) is 31.0 Å². The van der Waals surface area contributed by atoms with Gasteiger partial charge in [0.2, 0.25) is 5.91 Å². The third-order valence-electron chi connectivity index (χ3n) is 8.84. The normalized spacial score (nSPS) is 15.6. The van der Waals surface area contributed by atoms with E-state index in [4.69, 9.17) is 26.5 Å². The molecule has 0 unspecified atom stereocenters. The summed E-state index contributed by atoms with van der Waals surface area (Å²) in [5.74, 6) is -0.909. The van der Waals surface area contributed by atoms with E-state index < -0.39 is 17.2 Å². The summed E-state index contributed by atoms with van der Waals surface area (Å²) in [5, 5.41) is 20.4. The van der Waals surface area contributed by atoms with Gasteiger partial charge in [0.25, 0.3) is 11.8 Å². The van der Waals surface area contributed by atoms with Crippen LogP contribution in [-0.2, 0) is 16.7 Å². The Bertz CT molecular complexity index is 1920. The molecule has 7 rings (SSSR count). The Morgan fingerprint density at radius 3 is 2.43 bits per heavy atom. The van der Waals surface area contributed by atoms with Crippen molar-refractivity contribution in [3.05, 3.63) is 71.4 Å². The monoisotopic (exact) mass is 657 g/mol. The van der Waals surface area contributed by atoms with E-state index in [2.05, 4.69) is 36.0 Å². The molecule has 1 saturated carbocycles. The highest BCUT2D eigenvalue weighted by molar-refractivity contribution is 6.39. The molecule has 5 N–H and O–H groups in total. The number of benzene rings is 1. The molecule has 2 aliphatic heterocycles. The summed E-state index contributed by atoms with van der Waals surface area (Å²) >= 11 is 0. The number of carbonyl (C=O) groups is 3. The predicted molar refractivity (Wildman–Crippen MR) is 188 cm³/mol. The fraction of sp³-hybridized carbons (Fsp3) is 0.364. The number of carbonyl (C=O) groups excluding carboxylic acids is 3. The van der Waals surface area contributed by atoms with Crippen molar-refractivity contribution in [2.45, 2.75) is 44.6 Å². The third-order valence-corrected chi connectivity index (χ3v) is 8.84. The van der Waals surface area contributed by atoms with Crippen molar-refractivity contribution < 1.29 is 14.4 Å². The maximum atomic E-state index is 12.7. The van der Waals surface area contributed by atoms with Crippen LogP contribution in [0, 0.1) is 5.92 Å². The third kappa shape index (κ3) is 6.35. The second-order valence-electron chi connectivity index (χ2n) is 12.1. The van der Waals surface area contributed by atoms with Gasteiger partial charge in [-0.2, -0.15) is 5.10 Å². The molecular weight excluding hydrogens is 620 g/mol. The minimum Gasteiger partial charge on any atom is -0.366 e. The van der Waals surface area contributed by atoms with Crippen LogP contribution in [0.4, 0.5) is 22.9 Å². The Morgan fingerprint density at radius 1 is 1.00 bits per heavy atom. The number of anilines is 4. The number of nitrogens with two attached hydrogens (primary N) is 1. The van der Waals surface area contributed by atoms with Crippen LogP contribution in [0.3, 0.4) is 0 Å². The van der Waals surface area contributed by atoms with Gasteiger partial charge < -0.3 is 31.5 Å². The molecule has 3 aliphatic rings. The van der Waals surface area contributed by atoms with Gasteiger partial charge in [0.15, 0.2) is 11.5 Å². The molecule has 16 heteroatoms. The topological polar surface area (TPSA) is 176 Å². The lowest BCUT2D eigenvalue weighted by molar-refractivity contribution is -0.117. The lowest BCUT2D eigenvalue weighted by Gasteiger charge is -2.50. The van der Waals surface area contributed by atoms with E-state index in [1.165, 1.54) is 13.1 Å². The molecule has 0 bridgehead atoms. The first-order valence-corrected chi connectivity index (χ1v) is 16.2. The van der Waals surface area contributed by atoms with Gasteiger partial charge in [0.1, 0.15) is 5.69 Å². The molecule has 3 aromatic heterocycles. The van der Waals surface area contributed by atoms with Gasteiger partial charge in [0, 0.05) is 56.0 Å². The Hall–Kier alpha value is -5.24. The van der Waals surface area contributed by atoms with E-state index in [0.717, 1.165) is 41.0 Å². The molecule has 0 spiro atoms. The van der Waals surface area contributed by atoms with Crippen LogP contribution in [0.5, 0.6) is 0 Å². The van der Waals surface area contributed by atoms with Crippen molar-refractivity contribution in [2.75, 3.05) is 42.7 Å². The average Bonchev–Trinajstić information content (AvgIpc) is 3.86. The summed E-state index contributed by atoms with van der Waals surface area (Å²) in [7, 11) is 16.5. The van der Waals surface area contributed by atoms with Gasteiger partial charge >= 0.3 is 0 Å². The van der Waals surface area contributed by atoms with Crippen molar-refractivity contribution in [1.29, 1.82) is 0 Å². The first-order chi connectivity index (χ1) is 23.5. The molecule has 3 amide bonds. The number of rotatable bonds is 9. The lowest BCUT2D eigenvalue weighted by atomic mass is 9.57. The summed E-state index contributed by atoms with van der Waals surface area (Å²) in [6.45, 7) is 5.62. The first kappa shape index (κ1) is 33.7. The summed E-state index contributed by atoms with van der Waals surface area (Å²) in [6, 6.07) is 12.4. The fourth-order valence-electron chi connectivity index (χ4n) is 6.08. The zero-order valence-electron chi connectivity index (χ0n) is 27.9. The Kier molecular flexibility index (Phi) is 9.16. The number of hydrogen-bond acceptors (Lipinski definition) is 10. The number of amides is 3. The van der Waals surface area contributed by atoms with Crippen molar-refractivity contribution in [2.24, 2.45) is 11.7 Å². The van der Waals surface area contributed by atoms with Crippen LogP contribution in [0.15, 0.2) is 48.7 Å². The summed E-state index contributed by atoms with van der Waals surface area (Å²) in [4.78, 5) is 45.0. The van der Waals surface area contributed by atoms with Gasteiger partial charge in [-0.25, -0.2) is 4.98 Å². The molecule has 2 fully saturated rings. The minimum atomic E-state index is -1.39. The standard InChI is InChI=1S/C31H31B2N11O3.C2H6/c1-35-30(47)26-22(11-25(40-41-26)39-29(46)16-9-10-16)37-20-6-3-5-18-19-12-36-44(23(19)15-42(2)27(18)20)17-13-43(14-17)31(32,33)24-8-4-7-21(38-24)28(34)45;1-2/h3-8,11-12,16-17H,9-10,13-15H2,1-2H3,(H2,34,45)(H,35,47)(H2,37,39,40,46);1-2H3. The molecule has 49 heavy (non-hydrogen) atoms. The molecule has 4 radical (unpaired) electrons. The number of pyridine rings is 1. The van der Waals surface area contributed by atoms with Crippen molar-refractivity contribution >= 4 is 56.3 Å². The van der Waals surface area contributed by atoms with E-state index in [9.17, 15) is 14.4 Å². The molecule has 1 saturated heterocycles. The highest BCUT2D eigenvalue weighted by Gasteiger charge is 2.41. The van der Waals surface area contributed by atoms with Crippen LogP contribution in [0.25, 0.3) is 11.1 Å². The quantitative estimate of drug-likeness (QED) is 0.196. The van der Waals surface area contributed by atoms with E-state index in [1.54, 1.807) is 18.2 Å². The van der Waals surface area contributed by atoms with Crippen molar-refractivity contribution in [3.8, 4) is 11.1 Å². The molecule has 1 aromatic carbocycles. The SMILES string of the molecule is CC.[B]C([B])(c1cccc(C(N)=O)n1)N1CC(n2ncc3c2CN(C)c2c(Nc4cc(NC(=O)C5CC5)nnc4C(=O)NC)cccc2-3)C1. The van der Waals surface area contributed by atoms with E-state index >= 15 is 0 Å². The van der Waals surface area contributed by atoms with Crippen LogP contribution in [0.2, 0.25) is 0 Å². The zero-order valence-corrected chi connectivity index (χ0v) is 27.9. The van der Waals surface area contributed by atoms with E-state index in [1.807, 2.05) is 54.9 Å². The van der Waals surface area contributed by atoms with Crippen LogP contribution < -0.4 is 26.6 Å². The zero-order chi connectivity index (χ0) is 35.0. The number of likely N-dealkylation sites (tertiary alicyclic amines) is 1. The van der Waals surface area contributed by atoms with Gasteiger partial charge in [0.05, 0.1) is 57.2 Å². The molecule has 4 aromatic rings. The largest absolute Gasteiger partial charge is 0.366 e. The Morgan fingerprint density at radius 2 is 1.73 bits per heavy atom. The maximum absolute atomic E-state index is 12.7. The number of nitrogens with zero attached hydrogens (tertiary/aromatic N) is 7. The maximum Gasteiger partial charge on any atom is 0.273 e. The molecule has 1 aliphatic carbocycles. The fourth-order valence-corrected chi connectivity index (χ4v) is 6.08. The molecule has 0 atom stereocenters. The number of fused-ring (bicyclic) bond motifs is 3. The van der Waals surface area contributed by atoms with Gasteiger partial charge in [-0.15, -0.1) is 10.2 Å². The molecule has 5 heterocycles. The average molecular weight is 657 g/mol. The van der Waals surface area contributed by atoms with Crippen LogP contribution in [-0.4, -0.2) is 90.5 Å². The second-order valence-corrected chi connectivity index (χ2v) is 12.1. The predicted octanol–water partition coefficient (Wildman–Crippen LogP) is 2.27. The number of primary amides is 1. The van der Waals surface area contributed by atoms with Crippen LogP contribution >= 0.6 is 0 Å². The van der Waals surface area contributed by atoms with Gasteiger partial charge in [-0.1, -0.05) is 32.0 Å². The summed E-state index contributed by atoms with van der Waals surface area (Å²) in [6.07, 6.45) is 3.57. The smallest absolute Gasteiger partial charge is 0.273 e. The number of aromatic nitrogens is 5. The first-order valence-electron chi connectivity index (χ1n) is 16.2. The number of nitrogens with one attached hydrogen (secondary N) is 3. The summed E-state index contributed by atoms with van der Waals surface area (Å²) in [5.41, 5.74) is 11.0. The highest BCUT2D eigenvalue weighted by atomic mass is 16.2. The molecular formula is C33H37B2N11O3. The Labute approximate surface area is 287 Å². The molecule has 248 valence electrons. The lowest BCUT2D eigenvalue weighted by Crippen LogP contribution is -2.60. The van der Waals surface area contributed by atoms with Gasteiger partial charge in [-0.3, -0.25) is 19.1 Å². The van der Waals surface area contributed by atoms with Crippen molar-refractivity contribution in [3.63, 3.8) is 0 Å². The number of hydrogen-bond donors (Lipinski definition) is 4. The highest BCUT2D eigenvalue weighted by Crippen LogP contribution is 2.45. The second kappa shape index (κ2) is 13.3. The molecule has 14 nitrogen and oxygen atoms in total.